The number of fused-ring (bicyclic) bond motifs is 1. The van der Waals surface area contributed by atoms with Crippen molar-refractivity contribution in [2.75, 3.05) is 13.2 Å². The van der Waals surface area contributed by atoms with Crippen LogP contribution in [0.1, 0.15) is 28.8 Å². The molecule has 1 aliphatic rings. The first-order valence-corrected chi connectivity index (χ1v) is 7.40. The number of carbonyl (C=O) groups excluding carboxylic acids is 1. The average molecular weight is 301 g/mol. The zero-order valence-electron chi connectivity index (χ0n) is 12.5. The monoisotopic (exact) mass is 301 g/mol. The maximum atomic E-state index is 12.2. The highest BCUT2D eigenvalue weighted by molar-refractivity contribution is 5.92. The fraction of sp³-hybridized carbons (Fsp3) is 0.375. The molecule has 22 heavy (non-hydrogen) atoms. The summed E-state index contributed by atoms with van der Waals surface area (Å²) in [5.41, 5.74) is 1.45. The van der Waals surface area contributed by atoms with Crippen LogP contribution >= 0.6 is 0 Å². The number of hydrogen-bond donors (Lipinski definition) is 1. The molecule has 6 heteroatoms. The third-order valence-electron chi connectivity index (χ3n) is 3.49. The van der Waals surface area contributed by atoms with Crippen molar-refractivity contribution in [1.29, 1.82) is 0 Å². The molecule has 0 fully saturated rings. The summed E-state index contributed by atoms with van der Waals surface area (Å²) in [5.74, 6) is 1.47. The second-order valence-corrected chi connectivity index (χ2v) is 5.05. The lowest BCUT2D eigenvalue weighted by Gasteiger charge is -2.13. The first-order valence-electron chi connectivity index (χ1n) is 7.40. The minimum atomic E-state index is -0.171. The van der Waals surface area contributed by atoms with Crippen molar-refractivity contribution in [3.8, 4) is 5.75 Å². The van der Waals surface area contributed by atoms with Crippen LogP contribution in [0.5, 0.6) is 5.75 Å². The first-order chi connectivity index (χ1) is 10.8. The normalized spacial score (nSPS) is 13.5. The van der Waals surface area contributed by atoms with E-state index in [9.17, 15) is 4.79 Å². The largest absolute Gasteiger partial charge is 0.494 e. The van der Waals surface area contributed by atoms with Crippen LogP contribution < -0.4 is 10.1 Å². The van der Waals surface area contributed by atoms with Crippen molar-refractivity contribution >= 4 is 5.91 Å². The van der Waals surface area contributed by atoms with E-state index in [-0.39, 0.29) is 5.91 Å². The van der Waals surface area contributed by atoms with E-state index in [4.69, 9.17) is 9.47 Å². The molecule has 0 spiro atoms. The molecule has 1 amide bonds. The lowest BCUT2D eigenvalue weighted by atomic mass is 10.2. The number of rotatable bonds is 5. The molecule has 0 bridgehead atoms. The van der Waals surface area contributed by atoms with Crippen LogP contribution in [0.4, 0.5) is 0 Å². The molecular weight excluding hydrogens is 282 g/mol. The molecule has 2 aromatic rings. The van der Waals surface area contributed by atoms with Crippen LogP contribution in [0.2, 0.25) is 0 Å². The SMILES string of the molecule is CCOc1ccc(CNC(=O)c2cn3c(n2)COCC3)cc1. The van der Waals surface area contributed by atoms with E-state index in [0.717, 1.165) is 23.7 Å². The summed E-state index contributed by atoms with van der Waals surface area (Å²) < 4.78 is 12.7. The van der Waals surface area contributed by atoms with Crippen molar-refractivity contribution in [2.45, 2.75) is 26.6 Å². The summed E-state index contributed by atoms with van der Waals surface area (Å²) in [6, 6.07) is 7.68. The molecule has 0 saturated carbocycles. The molecule has 116 valence electrons. The Morgan fingerprint density at radius 3 is 2.95 bits per heavy atom. The van der Waals surface area contributed by atoms with E-state index in [1.54, 1.807) is 6.20 Å². The third-order valence-corrected chi connectivity index (χ3v) is 3.49. The van der Waals surface area contributed by atoms with Gasteiger partial charge in [0.15, 0.2) is 0 Å². The molecule has 0 unspecified atom stereocenters. The van der Waals surface area contributed by atoms with E-state index in [1.165, 1.54) is 0 Å². The molecule has 1 aliphatic heterocycles. The quantitative estimate of drug-likeness (QED) is 0.913. The second kappa shape index (κ2) is 6.62. The zero-order chi connectivity index (χ0) is 15.4. The van der Waals surface area contributed by atoms with Crippen molar-refractivity contribution in [3.63, 3.8) is 0 Å². The van der Waals surface area contributed by atoms with E-state index in [0.29, 0.717) is 32.1 Å². The fourth-order valence-electron chi connectivity index (χ4n) is 2.34. The fourth-order valence-corrected chi connectivity index (χ4v) is 2.34. The maximum absolute atomic E-state index is 12.2. The van der Waals surface area contributed by atoms with E-state index < -0.39 is 0 Å². The maximum Gasteiger partial charge on any atom is 0.271 e. The van der Waals surface area contributed by atoms with Crippen LogP contribution in [0.15, 0.2) is 30.5 Å². The second-order valence-electron chi connectivity index (χ2n) is 5.05. The Hall–Kier alpha value is -2.34. The minimum absolute atomic E-state index is 0.171. The van der Waals surface area contributed by atoms with Gasteiger partial charge in [0.05, 0.1) is 13.2 Å². The summed E-state index contributed by atoms with van der Waals surface area (Å²) in [6.45, 7) is 4.93. The summed E-state index contributed by atoms with van der Waals surface area (Å²) in [6.07, 6.45) is 1.78. The number of carbonyl (C=O) groups is 1. The van der Waals surface area contributed by atoms with Gasteiger partial charge in [-0.15, -0.1) is 0 Å². The molecule has 0 radical (unpaired) electrons. The average Bonchev–Trinajstić information content (AvgIpc) is 2.98. The smallest absolute Gasteiger partial charge is 0.271 e. The van der Waals surface area contributed by atoms with Crippen LogP contribution in [0.3, 0.4) is 0 Å². The molecule has 0 aliphatic carbocycles. The Morgan fingerprint density at radius 1 is 1.41 bits per heavy atom. The predicted molar refractivity (Wildman–Crippen MR) is 80.7 cm³/mol. The van der Waals surface area contributed by atoms with E-state index >= 15 is 0 Å². The molecule has 3 rings (SSSR count). The number of benzene rings is 1. The molecule has 0 atom stereocenters. The molecule has 1 aromatic carbocycles. The molecule has 1 aromatic heterocycles. The molecule has 0 saturated heterocycles. The Kier molecular flexibility index (Phi) is 4.39. The first kappa shape index (κ1) is 14.6. The van der Waals surface area contributed by atoms with Gasteiger partial charge in [-0.2, -0.15) is 0 Å². The molecule has 6 nitrogen and oxygen atoms in total. The van der Waals surface area contributed by atoms with Gasteiger partial charge in [-0.05, 0) is 24.6 Å². The number of imidazole rings is 1. The van der Waals surface area contributed by atoms with Gasteiger partial charge in [0.2, 0.25) is 0 Å². The van der Waals surface area contributed by atoms with Gasteiger partial charge in [-0.3, -0.25) is 4.79 Å². The van der Waals surface area contributed by atoms with Gasteiger partial charge in [-0.1, -0.05) is 12.1 Å². The number of nitrogens with one attached hydrogen (secondary N) is 1. The molecule has 1 N–H and O–H groups in total. The standard InChI is InChI=1S/C16H19N3O3/c1-2-22-13-5-3-12(4-6-13)9-17-16(20)14-10-19-7-8-21-11-15(19)18-14/h3-6,10H,2,7-9,11H2,1H3,(H,17,20). The van der Waals surface area contributed by atoms with Gasteiger partial charge < -0.3 is 19.4 Å². The van der Waals surface area contributed by atoms with Crippen LogP contribution in [-0.4, -0.2) is 28.7 Å². The lowest BCUT2D eigenvalue weighted by molar-refractivity contribution is 0.0816. The number of amides is 1. The number of nitrogens with zero attached hydrogens (tertiary/aromatic N) is 2. The van der Waals surface area contributed by atoms with Crippen molar-refractivity contribution in [2.24, 2.45) is 0 Å². The van der Waals surface area contributed by atoms with Crippen molar-refractivity contribution in [1.82, 2.24) is 14.9 Å². The Bertz CT molecular complexity index is 626. The van der Waals surface area contributed by atoms with Gasteiger partial charge >= 0.3 is 0 Å². The molecule has 2 heterocycles. The number of aromatic nitrogens is 2. The Balaban J connectivity index is 1.58. The van der Waals surface area contributed by atoms with Crippen LogP contribution in [0, 0.1) is 0 Å². The van der Waals surface area contributed by atoms with Gasteiger partial charge in [0.25, 0.3) is 5.91 Å². The third kappa shape index (κ3) is 3.28. The lowest BCUT2D eigenvalue weighted by Crippen LogP contribution is -2.23. The van der Waals surface area contributed by atoms with Gasteiger partial charge in [0, 0.05) is 19.3 Å². The Labute approximate surface area is 129 Å². The minimum Gasteiger partial charge on any atom is -0.494 e. The summed E-state index contributed by atoms with van der Waals surface area (Å²) in [4.78, 5) is 16.5. The Morgan fingerprint density at radius 2 is 2.23 bits per heavy atom. The molecular formula is C16H19N3O3. The van der Waals surface area contributed by atoms with Crippen molar-refractivity contribution in [3.05, 3.63) is 47.5 Å². The number of hydrogen-bond acceptors (Lipinski definition) is 4. The highest BCUT2D eigenvalue weighted by Crippen LogP contribution is 2.13. The van der Waals surface area contributed by atoms with Crippen LogP contribution in [-0.2, 0) is 24.4 Å². The van der Waals surface area contributed by atoms with Crippen molar-refractivity contribution < 1.29 is 14.3 Å². The summed E-state index contributed by atoms with van der Waals surface area (Å²) in [5, 5.41) is 2.88. The summed E-state index contributed by atoms with van der Waals surface area (Å²) in [7, 11) is 0. The highest BCUT2D eigenvalue weighted by atomic mass is 16.5. The van der Waals surface area contributed by atoms with E-state index in [1.807, 2.05) is 35.8 Å². The van der Waals surface area contributed by atoms with E-state index in [2.05, 4.69) is 10.3 Å². The van der Waals surface area contributed by atoms with Crippen LogP contribution in [0.25, 0.3) is 0 Å². The number of ether oxygens (including phenoxy) is 2. The predicted octanol–water partition coefficient (Wildman–Crippen LogP) is 1.74. The van der Waals surface area contributed by atoms with Gasteiger partial charge in [-0.25, -0.2) is 4.98 Å². The summed E-state index contributed by atoms with van der Waals surface area (Å²) >= 11 is 0. The highest BCUT2D eigenvalue weighted by Gasteiger charge is 2.16. The zero-order valence-corrected chi connectivity index (χ0v) is 12.5. The van der Waals surface area contributed by atoms with Gasteiger partial charge in [0.1, 0.15) is 23.9 Å². The topological polar surface area (TPSA) is 65.4 Å².